The molecule has 4 aliphatic rings. The molecule has 0 saturated heterocycles. The van der Waals surface area contributed by atoms with Gasteiger partial charge in [-0.05, 0) is 36.5 Å². The molecule has 4 bridgehead atoms. The second-order valence-electron chi connectivity index (χ2n) is 3.97. The number of hydrogen-bond acceptors (Lipinski definition) is 0. The lowest BCUT2D eigenvalue weighted by Crippen LogP contribution is -2.19. The summed E-state index contributed by atoms with van der Waals surface area (Å²) < 4.78 is 0. The fraction of sp³-hybridized carbons (Fsp3) is 0.600. The summed E-state index contributed by atoms with van der Waals surface area (Å²) in [5.74, 6) is 3.56. The van der Waals surface area contributed by atoms with Crippen LogP contribution in [-0.2, 0) is 0 Å². The molecule has 0 aromatic heterocycles. The summed E-state index contributed by atoms with van der Waals surface area (Å²) in [5.41, 5.74) is 1.57. The SMILES string of the molecule is C=C1[C@H]2C[C@@H]3C=C[C@H]2C[C@H]13. The normalized spacial score (nSPS) is 55.0. The van der Waals surface area contributed by atoms with E-state index in [1.807, 2.05) is 0 Å². The number of hydrogen-bond donors (Lipinski definition) is 0. The zero-order valence-electron chi connectivity index (χ0n) is 6.09. The average molecular weight is 132 g/mol. The second kappa shape index (κ2) is 1.39. The van der Waals surface area contributed by atoms with E-state index in [4.69, 9.17) is 0 Å². The van der Waals surface area contributed by atoms with Crippen LogP contribution in [0.3, 0.4) is 0 Å². The maximum Gasteiger partial charge on any atom is -0.0134 e. The first-order valence-electron chi connectivity index (χ1n) is 4.23. The van der Waals surface area contributed by atoms with Crippen molar-refractivity contribution in [1.82, 2.24) is 0 Å². The molecule has 0 radical (unpaired) electrons. The Bertz CT molecular complexity index is 202. The van der Waals surface area contributed by atoms with Gasteiger partial charge in [-0.2, -0.15) is 0 Å². The predicted octanol–water partition coefficient (Wildman–Crippen LogP) is 2.38. The van der Waals surface area contributed by atoms with Gasteiger partial charge in [0, 0.05) is 0 Å². The highest BCUT2D eigenvalue weighted by atomic mass is 14.5. The van der Waals surface area contributed by atoms with Crippen LogP contribution in [0.15, 0.2) is 24.3 Å². The van der Waals surface area contributed by atoms with Crippen molar-refractivity contribution >= 4 is 0 Å². The fourth-order valence-electron chi connectivity index (χ4n) is 3.10. The van der Waals surface area contributed by atoms with Crippen LogP contribution in [0.2, 0.25) is 0 Å². The minimum atomic E-state index is 0.889. The first-order valence-corrected chi connectivity index (χ1v) is 4.23. The molecule has 0 unspecified atom stereocenters. The molecule has 4 rings (SSSR count). The zero-order valence-corrected chi connectivity index (χ0v) is 6.09. The summed E-state index contributed by atoms with van der Waals surface area (Å²) >= 11 is 0. The van der Waals surface area contributed by atoms with Crippen molar-refractivity contribution in [3.8, 4) is 0 Å². The van der Waals surface area contributed by atoms with Crippen LogP contribution in [0.1, 0.15) is 12.8 Å². The lowest BCUT2D eigenvalue weighted by molar-refractivity contribution is 0.309. The van der Waals surface area contributed by atoms with Crippen molar-refractivity contribution in [3.05, 3.63) is 24.3 Å². The molecular weight excluding hydrogens is 120 g/mol. The molecule has 10 heavy (non-hydrogen) atoms. The van der Waals surface area contributed by atoms with Gasteiger partial charge < -0.3 is 0 Å². The van der Waals surface area contributed by atoms with E-state index in [1.54, 1.807) is 5.57 Å². The largest absolute Gasteiger partial charge is 0.0993 e. The number of rotatable bonds is 0. The Hall–Kier alpha value is -0.520. The van der Waals surface area contributed by atoms with Crippen LogP contribution in [0.5, 0.6) is 0 Å². The van der Waals surface area contributed by atoms with Gasteiger partial charge in [0.1, 0.15) is 0 Å². The van der Waals surface area contributed by atoms with Crippen LogP contribution < -0.4 is 0 Å². The third-order valence-corrected chi connectivity index (χ3v) is 3.64. The molecule has 52 valence electrons. The van der Waals surface area contributed by atoms with Gasteiger partial charge in [0.05, 0.1) is 0 Å². The average Bonchev–Trinajstić information content (AvgIpc) is 2.42. The van der Waals surface area contributed by atoms with Gasteiger partial charge in [-0.3, -0.25) is 0 Å². The molecule has 0 heterocycles. The highest BCUT2D eigenvalue weighted by Gasteiger charge is 2.49. The molecule has 2 fully saturated rings. The predicted molar refractivity (Wildman–Crippen MR) is 41.5 cm³/mol. The van der Waals surface area contributed by atoms with Crippen molar-refractivity contribution < 1.29 is 0 Å². The zero-order chi connectivity index (χ0) is 6.72. The van der Waals surface area contributed by atoms with Crippen LogP contribution in [0, 0.1) is 23.7 Å². The minimum Gasteiger partial charge on any atom is -0.0993 e. The Morgan fingerprint density at radius 3 is 1.90 bits per heavy atom. The molecule has 0 aliphatic heterocycles. The molecular formula is C10H12. The maximum absolute atomic E-state index is 4.18. The molecule has 4 atom stereocenters. The van der Waals surface area contributed by atoms with Crippen LogP contribution in [0.4, 0.5) is 0 Å². The van der Waals surface area contributed by atoms with E-state index >= 15 is 0 Å². The standard InChI is InChI=1S/C10H12/c1-6-9-5-8-3-2-7(9)4-10(6)8/h2-3,7-10H,1,4-5H2/t7-,8-,9+,10+/m0/s1. The third kappa shape index (κ3) is 0.387. The molecule has 0 nitrogen and oxygen atoms in total. The van der Waals surface area contributed by atoms with E-state index < -0.39 is 0 Å². The molecule has 0 N–H and O–H groups in total. The summed E-state index contributed by atoms with van der Waals surface area (Å²) in [6, 6.07) is 0. The fourth-order valence-corrected chi connectivity index (χ4v) is 3.10. The van der Waals surface area contributed by atoms with E-state index in [-0.39, 0.29) is 0 Å². The van der Waals surface area contributed by atoms with Gasteiger partial charge in [-0.1, -0.05) is 24.3 Å². The third-order valence-electron chi connectivity index (χ3n) is 3.64. The van der Waals surface area contributed by atoms with E-state index in [9.17, 15) is 0 Å². The summed E-state index contributed by atoms with van der Waals surface area (Å²) in [4.78, 5) is 0. The first-order chi connectivity index (χ1) is 4.86. The Morgan fingerprint density at radius 2 is 1.60 bits per heavy atom. The van der Waals surface area contributed by atoms with Crippen molar-refractivity contribution in [3.63, 3.8) is 0 Å². The van der Waals surface area contributed by atoms with E-state index in [0.717, 1.165) is 23.7 Å². The van der Waals surface area contributed by atoms with Crippen LogP contribution >= 0.6 is 0 Å². The van der Waals surface area contributed by atoms with Gasteiger partial charge in [0.25, 0.3) is 0 Å². The lowest BCUT2D eigenvalue weighted by Gasteiger charge is -2.28. The monoisotopic (exact) mass is 132 g/mol. The van der Waals surface area contributed by atoms with Crippen LogP contribution in [-0.4, -0.2) is 0 Å². The topological polar surface area (TPSA) is 0 Å². The summed E-state index contributed by atoms with van der Waals surface area (Å²) in [6.07, 6.45) is 7.69. The molecule has 0 amide bonds. The Morgan fingerprint density at radius 1 is 1.10 bits per heavy atom. The van der Waals surface area contributed by atoms with E-state index in [2.05, 4.69) is 18.7 Å². The summed E-state index contributed by atoms with van der Waals surface area (Å²) in [7, 11) is 0. The Balaban J connectivity index is 2.18. The highest BCUT2D eigenvalue weighted by molar-refractivity contribution is 5.30. The van der Waals surface area contributed by atoms with E-state index in [0.29, 0.717) is 0 Å². The van der Waals surface area contributed by atoms with Gasteiger partial charge in [-0.25, -0.2) is 0 Å². The summed E-state index contributed by atoms with van der Waals surface area (Å²) in [5, 5.41) is 0. The van der Waals surface area contributed by atoms with Crippen molar-refractivity contribution in [2.45, 2.75) is 12.8 Å². The smallest absolute Gasteiger partial charge is 0.0134 e. The van der Waals surface area contributed by atoms with Crippen molar-refractivity contribution in [2.24, 2.45) is 23.7 Å². The highest BCUT2D eigenvalue weighted by Crippen LogP contribution is 2.58. The molecule has 4 aliphatic carbocycles. The van der Waals surface area contributed by atoms with Gasteiger partial charge in [-0.15, -0.1) is 0 Å². The van der Waals surface area contributed by atoms with Crippen LogP contribution in [0.25, 0.3) is 0 Å². The molecule has 2 saturated carbocycles. The molecule has 0 aromatic rings. The van der Waals surface area contributed by atoms with Gasteiger partial charge in [0.2, 0.25) is 0 Å². The summed E-state index contributed by atoms with van der Waals surface area (Å²) in [6.45, 7) is 4.18. The maximum atomic E-state index is 4.18. The quantitative estimate of drug-likeness (QED) is 0.444. The molecule has 0 spiro atoms. The number of allylic oxidation sites excluding steroid dienone is 3. The molecule has 0 aromatic carbocycles. The lowest BCUT2D eigenvalue weighted by atomic mass is 9.76. The Kier molecular flexibility index (Phi) is 0.719. The van der Waals surface area contributed by atoms with Crippen molar-refractivity contribution in [2.75, 3.05) is 0 Å². The van der Waals surface area contributed by atoms with Crippen molar-refractivity contribution in [1.29, 1.82) is 0 Å². The van der Waals surface area contributed by atoms with Gasteiger partial charge >= 0.3 is 0 Å². The Labute approximate surface area is 61.6 Å². The molecule has 0 heteroatoms. The second-order valence-corrected chi connectivity index (χ2v) is 3.97. The minimum absolute atomic E-state index is 0.889. The van der Waals surface area contributed by atoms with E-state index in [1.165, 1.54) is 12.8 Å². The van der Waals surface area contributed by atoms with Gasteiger partial charge in [0.15, 0.2) is 0 Å². The first kappa shape index (κ1) is 5.17.